The molecule has 0 aliphatic rings. The standard InChI is InChI=1S/C38H71O8P/c1-3-5-7-9-11-13-15-17-19-21-23-25-27-29-31-33-38(40)46-36(35-45-47(41,42)43)34-44-37(39)32-30-28-26-24-22-20-18-16-14-12-10-8-6-4-2/h13,15,17,19,36H,3-12,14,16,18,20-35H2,1-2H3,(H2,41,42,43)/b15-13+,19-17+/t36-/m1/s1. The zero-order valence-corrected chi connectivity index (χ0v) is 31.1. The van der Waals surface area contributed by atoms with Gasteiger partial charge < -0.3 is 19.3 Å². The number of hydrogen-bond donors (Lipinski definition) is 2. The van der Waals surface area contributed by atoms with Gasteiger partial charge in [0.15, 0.2) is 6.10 Å². The highest BCUT2D eigenvalue weighted by molar-refractivity contribution is 7.46. The van der Waals surface area contributed by atoms with Crippen molar-refractivity contribution in [3.05, 3.63) is 24.3 Å². The Morgan fingerprint density at radius 1 is 0.553 bits per heavy atom. The Morgan fingerprint density at radius 2 is 0.936 bits per heavy atom. The van der Waals surface area contributed by atoms with Gasteiger partial charge in [-0.1, -0.05) is 160 Å². The number of carbonyl (C=O) groups excluding carboxylic acids is 2. The quantitative estimate of drug-likeness (QED) is 0.0292. The smallest absolute Gasteiger partial charge is 0.462 e. The first-order valence-electron chi connectivity index (χ1n) is 19.1. The molecule has 0 spiro atoms. The van der Waals surface area contributed by atoms with E-state index in [0.717, 1.165) is 57.8 Å². The molecule has 0 aliphatic heterocycles. The lowest BCUT2D eigenvalue weighted by Crippen LogP contribution is -2.29. The third-order valence-corrected chi connectivity index (χ3v) is 8.74. The maximum atomic E-state index is 12.3. The van der Waals surface area contributed by atoms with Crippen molar-refractivity contribution in [2.45, 2.75) is 193 Å². The van der Waals surface area contributed by atoms with Gasteiger partial charge in [0, 0.05) is 12.8 Å². The molecule has 9 heteroatoms. The fraction of sp³-hybridized carbons (Fsp3) is 0.842. The van der Waals surface area contributed by atoms with Gasteiger partial charge >= 0.3 is 19.8 Å². The third-order valence-electron chi connectivity index (χ3n) is 8.25. The summed E-state index contributed by atoms with van der Waals surface area (Å²) in [4.78, 5) is 42.7. The second-order valence-corrected chi connectivity index (χ2v) is 14.2. The van der Waals surface area contributed by atoms with Crippen LogP contribution in [0.1, 0.15) is 187 Å². The van der Waals surface area contributed by atoms with E-state index >= 15 is 0 Å². The first kappa shape index (κ1) is 45.5. The fourth-order valence-electron chi connectivity index (χ4n) is 5.36. The maximum Gasteiger partial charge on any atom is 0.469 e. The fourth-order valence-corrected chi connectivity index (χ4v) is 5.72. The van der Waals surface area contributed by atoms with Crippen LogP contribution < -0.4 is 0 Å². The molecule has 276 valence electrons. The number of ether oxygens (including phenoxy) is 2. The van der Waals surface area contributed by atoms with E-state index in [-0.39, 0.29) is 19.4 Å². The Labute approximate surface area is 288 Å². The first-order chi connectivity index (χ1) is 22.8. The topological polar surface area (TPSA) is 119 Å². The molecule has 0 radical (unpaired) electrons. The summed E-state index contributed by atoms with van der Waals surface area (Å²) < 4.78 is 26.3. The van der Waals surface area contributed by atoms with Crippen molar-refractivity contribution in [2.75, 3.05) is 13.2 Å². The second kappa shape index (κ2) is 34.4. The van der Waals surface area contributed by atoms with Crippen LogP contribution in [0.4, 0.5) is 0 Å². The third kappa shape index (κ3) is 37.2. The minimum atomic E-state index is -4.75. The van der Waals surface area contributed by atoms with Gasteiger partial charge in [-0.05, 0) is 38.5 Å². The summed E-state index contributed by atoms with van der Waals surface area (Å²) in [6.07, 6.45) is 37.5. The number of unbranched alkanes of at least 4 members (excludes halogenated alkanes) is 22. The highest BCUT2D eigenvalue weighted by Gasteiger charge is 2.22. The summed E-state index contributed by atoms with van der Waals surface area (Å²) in [5, 5.41) is 0. The summed E-state index contributed by atoms with van der Waals surface area (Å²) in [7, 11) is -4.75. The molecule has 0 aliphatic carbocycles. The lowest BCUT2D eigenvalue weighted by atomic mass is 10.0. The molecule has 0 rings (SSSR count). The van der Waals surface area contributed by atoms with Gasteiger partial charge in [-0.15, -0.1) is 0 Å². The zero-order valence-electron chi connectivity index (χ0n) is 30.2. The normalized spacial score (nSPS) is 12.7. The van der Waals surface area contributed by atoms with Crippen molar-refractivity contribution < 1.29 is 37.9 Å². The maximum absolute atomic E-state index is 12.3. The van der Waals surface area contributed by atoms with Crippen LogP contribution in [0.5, 0.6) is 0 Å². The summed E-state index contributed by atoms with van der Waals surface area (Å²) in [5.74, 6) is -0.897. The number of allylic oxidation sites excluding steroid dienone is 4. The van der Waals surface area contributed by atoms with Crippen LogP contribution in [0.3, 0.4) is 0 Å². The van der Waals surface area contributed by atoms with Gasteiger partial charge in [0.2, 0.25) is 0 Å². The van der Waals surface area contributed by atoms with E-state index in [2.05, 4.69) is 42.7 Å². The number of phosphoric acid groups is 1. The van der Waals surface area contributed by atoms with Crippen LogP contribution in [0, 0.1) is 0 Å². The average Bonchev–Trinajstić information content (AvgIpc) is 3.03. The molecule has 47 heavy (non-hydrogen) atoms. The molecule has 0 amide bonds. The van der Waals surface area contributed by atoms with Crippen molar-refractivity contribution in [3.63, 3.8) is 0 Å². The first-order valence-corrected chi connectivity index (χ1v) is 20.7. The van der Waals surface area contributed by atoms with Crippen LogP contribution in [0.15, 0.2) is 24.3 Å². The van der Waals surface area contributed by atoms with Gasteiger partial charge in [-0.2, -0.15) is 0 Å². The molecule has 8 nitrogen and oxygen atoms in total. The molecule has 0 unspecified atom stereocenters. The number of esters is 2. The molecule has 0 aromatic carbocycles. The van der Waals surface area contributed by atoms with Gasteiger partial charge in [0.25, 0.3) is 0 Å². The Balaban J connectivity index is 3.98. The molecule has 1 atom stereocenters. The Hall–Kier alpha value is -1.47. The number of phosphoric ester groups is 1. The van der Waals surface area contributed by atoms with E-state index in [4.69, 9.17) is 19.3 Å². The van der Waals surface area contributed by atoms with Crippen LogP contribution in [0.2, 0.25) is 0 Å². The highest BCUT2D eigenvalue weighted by Crippen LogP contribution is 2.36. The van der Waals surface area contributed by atoms with Crippen LogP contribution >= 0.6 is 7.82 Å². The predicted octanol–water partition coefficient (Wildman–Crippen LogP) is 11.2. The number of rotatable bonds is 35. The Kier molecular flexibility index (Phi) is 33.3. The van der Waals surface area contributed by atoms with Gasteiger partial charge in [-0.3, -0.25) is 14.1 Å². The molecular formula is C38H71O8P. The van der Waals surface area contributed by atoms with Gasteiger partial charge in [0.1, 0.15) is 6.61 Å². The Bertz CT molecular complexity index is 823. The van der Waals surface area contributed by atoms with E-state index in [9.17, 15) is 14.2 Å². The van der Waals surface area contributed by atoms with Crippen LogP contribution in [0.25, 0.3) is 0 Å². The SMILES string of the molecule is CCCCCC/C=C/C=C/CCCCCCCC(=O)O[C@H](COC(=O)CCCCCCCCCCCCCCCC)COP(=O)(O)O. The van der Waals surface area contributed by atoms with Crippen LogP contribution in [-0.4, -0.2) is 41.0 Å². The van der Waals surface area contributed by atoms with E-state index in [1.165, 1.54) is 96.3 Å². The average molecular weight is 687 g/mol. The summed E-state index contributed by atoms with van der Waals surface area (Å²) in [6.45, 7) is 3.65. The largest absolute Gasteiger partial charge is 0.469 e. The zero-order chi connectivity index (χ0) is 34.7. The van der Waals surface area contributed by atoms with Crippen molar-refractivity contribution in [1.82, 2.24) is 0 Å². The van der Waals surface area contributed by atoms with Crippen LogP contribution in [-0.2, 0) is 28.2 Å². The van der Waals surface area contributed by atoms with Crippen molar-refractivity contribution >= 4 is 19.8 Å². The molecule has 0 aromatic rings. The minimum Gasteiger partial charge on any atom is -0.462 e. The number of hydrogen-bond acceptors (Lipinski definition) is 6. The summed E-state index contributed by atoms with van der Waals surface area (Å²) in [5.41, 5.74) is 0. The minimum absolute atomic E-state index is 0.197. The summed E-state index contributed by atoms with van der Waals surface area (Å²) >= 11 is 0. The van der Waals surface area contributed by atoms with E-state index < -0.39 is 32.5 Å². The molecule has 2 N–H and O–H groups in total. The van der Waals surface area contributed by atoms with Crippen molar-refractivity contribution in [1.29, 1.82) is 0 Å². The van der Waals surface area contributed by atoms with Crippen molar-refractivity contribution in [3.8, 4) is 0 Å². The second-order valence-electron chi connectivity index (χ2n) is 12.9. The van der Waals surface area contributed by atoms with Gasteiger partial charge in [-0.25, -0.2) is 4.57 Å². The van der Waals surface area contributed by atoms with E-state index in [1.807, 2.05) is 0 Å². The lowest BCUT2D eigenvalue weighted by molar-refractivity contribution is -0.161. The molecule has 0 saturated heterocycles. The molecule has 0 heterocycles. The monoisotopic (exact) mass is 686 g/mol. The molecule has 0 aromatic heterocycles. The predicted molar refractivity (Wildman–Crippen MR) is 193 cm³/mol. The lowest BCUT2D eigenvalue weighted by Gasteiger charge is -2.18. The molecule has 0 saturated carbocycles. The molecule has 0 fully saturated rings. The van der Waals surface area contributed by atoms with Gasteiger partial charge in [0.05, 0.1) is 6.61 Å². The van der Waals surface area contributed by atoms with Crippen molar-refractivity contribution in [2.24, 2.45) is 0 Å². The summed E-state index contributed by atoms with van der Waals surface area (Å²) in [6, 6.07) is 0. The number of carbonyl (C=O) groups is 2. The molecule has 0 bridgehead atoms. The Morgan fingerprint density at radius 3 is 1.38 bits per heavy atom. The van der Waals surface area contributed by atoms with E-state index in [1.54, 1.807) is 0 Å². The highest BCUT2D eigenvalue weighted by atomic mass is 31.2. The van der Waals surface area contributed by atoms with E-state index in [0.29, 0.717) is 6.42 Å². The molecular weight excluding hydrogens is 615 g/mol.